The molecule has 0 spiro atoms. The fourth-order valence-electron chi connectivity index (χ4n) is 4.49. The minimum absolute atomic E-state index is 0.0643. The van der Waals surface area contributed by atoms with Crippen LogP contribution in [-0.2, 0) is 13.0 Å². The van der Waals surface area contributed by atoms with Crippen LogP contribution < -0.4 is 0 Å². The van der Waals surface area contributed by atoms with E-state index in [2.05, 4.69) is 38.1 Å². The second-order valence-electron chi connectivity index (χ2n) is 8.95. The van der Waals surface area contributed by atoms with Crippen molar-refractivity contribution in [1.29, 1.82) is 0 Å². The van der Waals surface area contributed by atoms with E-state index in [4.69, 9.17) is 5.10 Å². The van der Waals surface area contributed by atoms with Gasteiger partial charge in [0.1, 0.15) is 5.69 Å². The zero-order chi connectivity index (χ0) is 24.5. The third-order valence-electron chi connectivity index (χ3n) is 6.26. The molecule has 0 radical (unpaired) electrons. The summed E-state index contributed by atoms with van der Waals surface area (Å²) in [7, 11) is 0. The van der Waals surface area contributed by atoms with E-state index >= 15 is 0 Å². The number of carbonyl (C=O) groups is 1. The zero-order valence-electron chi connectivity index (χ0n) is 20.9. The van der Waals surface area contributed by atoms with Crippen molar-refractivity contribution in [2.75, 3.05) is 6.54 Å². The summed E-state index contributed by atoms with van der Waals surface area (Å²) in [5.74, 6) is 0.0643. The van der Waals surface area contributed by atoms with Crippen molar-refractivity contribution in [2.45, 2.75) is 52.5 Å². The van der Waals surface area contributed by atoms with Crippen LogP contribution in [0.25, 0.3) is 16.9 Å². The Balaban J connectivity index is 1.84. The Bertz CT molecular complexity index is 1200. The number of benzene rings is 3. The van der Waals surface area contributed by atoms with Crippen LogP contribution in [0.2, 0.25) is 0 Å². The molecule has 4 nitrogen and oxygen atoms in total. The number of rotatable bonds is 11. The number of hydrogen-bond acceptors (Lipinski definition) is 2. The van der Waals surface area contributed by atoms with Crippen molar-refractivity contribution in [3.05, 3.63) is 108 Å². The van der Waals surface area contributed by atoms with Gasteiger partial charge in [0.05, 0.1) is 16.9 Å². The van der Waals surface area contributed by atoms with Crippen molar-refractivity contribution >= 4 is 5.91 Å². The normalized spacial score (nSPS) is 10.9. The number of aromatic nitrogens is 2. The Morgan fingerprint density at radius 1 is 0.800 bits per heavy atom. The minimum atomic E-state index is 0.0643. The van der Waals surface area contributed by atoms with E-state index in [1.54, 1.807) is 0 Å². The number of carbonyl (C=O) groups excluding carboxylic acids is 1. The van der Waals surface area contributed by atoms with Crippen LogP contribution in [0.1, 0.15) is 61.1 Å². The molecule has 3 aromatic carbocycles. The number of unbranched alkanes of at least 4 members (excludes halogenated alkanes) is 2. The molecular formula is C31H35N3O. The Hall–Kier alpha value is -3.66. The molecule has 4 heteroatoms. The highest BCUT2D eigenvalue weighted by Gasteiger charge is 2.28. The van der Waals surface area contributed by atoms with Crippen LogP contribution in [0, 0.1) is 0 Å². The highest BCUT2D eigenvalue weighted by molar-refractivity contribution is 6.01. The third-order valence-corrected chi connectivity index (χ3v) is 6.26. The van der Waals surface area contributed by atoms with Gasteiger partial charge >= 0.3 is 0 Å². The van der Waals surface area contributed by atoms with Crippen molar-refractivity contribution in [3.8, 4) is 16.9 Å². The molecule has 1 aromatic heterocycles. The molecule has 0 N–H and O–H groups in total. The lowest BCUT2D eigenvalue weighted by molar-refractivity contribution is 0.0739. The number of hydrogen-bond donors (Lipinski definition) is 0. The van der Waals surface area contributed by atoms with E-state index in [1.807, 2.05) is 76.3 Å². The minimum Gasteiger partial charge on any atom is -0.334 e. The molecule has 0 aliphatic carbocycles. The summed E-state index contributed by atoms with van der Waals surface area (Å²) in [6.07, 6.45) is 4.93. The van der Waals surface area contributed by atoms with Crippen LogP contribution in [0.15, 0.2) is 91.0 Å². The van der Waals surface area contributed by atoms with Crippen molar-refractivity contribution in [3.63, 3.8) is 0 Å². The molecule has 180 valence electrons. The first-order chi connectivity index (χ1) is 17.2. The molecule has 4 rings (SSSR count). The highest BCUT2D eigenvalue weighted by Crippen LogP contribution is 2.30. The van der Waals surface area contributed by atoms with Gasteiger partial charge in [-0.2, -0.15) is 5.10 Å². The van der Waals surface area contributed by atoms with E-state index in [1.165, 1.54) is 0 Å². The molecular weight excluding hydrogens is 430 g/mol. The van der Waals surface area contributed by atoms with Crippen molar-refractivity contribution in [1.82, 2.24) is 14.7 Å². The Kier molecular flexibility index (Phi) is 8.50. The van der Waals surface area contributed by atoms with Gasteiger partial charge in [0.2, 0.25) is 0 Å². The van der Waals surface area contributed by atoms with Gasteiger partial charge in [-0.3, -0.25) is 4.79 Å². The molecule has 0 atom stereocenters. The van der Waals surface area contributed by atoms with Gasteiger partial charge in [-0.25, -0.2) is 4.68 Å². The molecule has 0 aliphatic rings. The standard InChI is InChI=1S/C31H35N3O/c1-3-5-15-23-33(24-25-17-9-6-10-18-25)31(35)29-28(16-4-2)34(27-21-13-8-14-22-27)32-30(29)26-19-11-7-12-20-26/h6-14,17-22H,3-5,15-16,23-24H2,1-2H3. The fraction of sp³-hybridized carbons (Fsp3) is 0.290. The highest BCUT2D eigenvalue weighted by atomic mass is 16.2. The monoisotopic (exact) mass is 465 g/mol. The average molecular weight is 466 g/mol. The Morgan fingerprint density at radius 3 is 2.06 bits per heavy atom. The first-order valence-electron chi connectivity index (χ1n) is 12.8. The summed E-state index contributed by atoms with van der Waals surface area (Å²) in [5, 5.41) is 5.05. The van der Waals surface area contributed by atoms with Gasteiger partial charge in [-0.15, -0.1) is 0 Å². The van der Waals surface area contributed by atoms with E-state index < -0.39 is 0 Å². The molecule has 0 fully saturated rings. The lowest BCUT2D eigenvalue weighted by atomic mass is 10.0. The van der Waals surface area contributed by atoms with Gasteiger partial charge in [0.25, 0.3) is 5.91 Å². The molecule has 0 unspecified atom stereocenters. The molecule has 1 heterocycles. The summed E-state index contributed by atoms with van der Waals surface area (Å²) in [6.45, 7) is 5.68. The predicted octanol–water partition coefficient (Wildman–Crippen LogP) is 7.32. The van der Waals surface area contributed by atoms with Crippen LogP contribution in [0.4, 0.5) is 0 Å². The lowest BCUT2D eigenvalue weighted by Crippen LogP contribution is -2.32. The smallest absolute Gasteiger partial charge is 0.258 e. The van der Waals surface area contributed by atoms with Crippen LogP contribution in [-0.4, -0.2) is 27.1 Å². The van der Waals surface area contributed by atoms with E-state index in [0.717, 1.165) is 72.4 Å². The molecule has 0 saturated carbocycles. The van der Waals surface area contributed by atoms with Gasteiger partial charge in [-0.05, 0) is 30.5 Å². The van der Waals surface area contributed by atoms with E-state index in [0.29, 0.717) is 6.54 Å². The maximum absolute atomic E-state index is 14.4. The predicted molar refractivity (Wildman–Crippen MR) is 144 cm³/mol. The van der Waals surface area contributed by atoms with E-state index in [-0.39, 0.29) is 5.91 Å². The summed E-state index contributed by atoms with van der Waals surface area (Å²) >= 11 is 0. The Labute approximate surface area is 209 Å². The lowest BCUT2D eigenvalue weighted by Gasteiger charge is -2.24. The zero-order valence-corrected chi connectivity index (χ0v) is 20.9. The van der Waals surface area contributed by atoms with Crippen molar-refractivity contribution in [2.24, 2.45) is 0 Å². The summed E-state index contributed by atoms with van der Waals surface area (Å²) < 4.78 is 1.98. The maximum Gasteiger partial charge on any atom is 0.258 e. The summed E-state index contributed by atoms with van der Waals surface area (Å²) in [6, 6.07) is 30.5. The fourth-order valence-corrected chi connectivity index (χ4v) is 4.49. The van der Waals surface area contributed by atoms with Gasteiger partial charge in [-0.1, -0.05) is 112 Å². The largest absolute Gasteiger partial charge is 0.334 e. The maximum atomic E-state index is 14.4. The molecule has 0 aliphatic heterocycles. The van der Waals surface area contributed by atoms with Gasteiger partial charge < -0.3 is 4.90 Å². The second-order valence-corrected chi connectivity index (χ2v) is 8.95. The van der Waals surface area contributed by atoms with Crippen LogP contribution in [0.3, 0.4) is 0 Å². The van der Waals surface area contributed by atoms with Gasteiger partial charge in [0.15, 0.2) is 0 Å². The average Bonchev–Trinajstić information content (AvgIpc) is 3.29. The molecule has 1 amide bonds. The molecule has 0 bridgehead atoms. The second kappa shape index (κ2) is 12.2. The van der Waals surface area contributed by atoms with Gasteiger partial charge in [0, 0.05) is 18.7 Å². The number of nitrogens with zero attached hydrogens (tertiary/aromatic N) is 3. The molecule has 35 heavy (non-hydrogen) atoms. The van der Waals surface area contributed by atoms with E-state index in [9.17, 15) is 4.79 Å². The first kappa shape index (κ1) is 24.5. The quantitative estimate of drug-likeness (QED) is 0.218. The Morgan fingerprint density at radius 2 is 1.43 bits per heavy atom. The number of para-hydroxylation sites is 1. The topological polar surface area (TPSA) is 38.1 Å². The first-order valence-corrected chi connectivity index (χ1v) is 12.8. The van der Waals surface area contributed by atoms with Crippen LogP contribution >= 0.6 is 0 Å². The van der Waals surface area contributed by atoms with Crippen LogP contribution in [0.5, 0.6) is 0 Å². The molecule has 0 saturated heterocycles. The molecule has 4 aromatic rings. The number of amides is 1. The summed E-state index contributed by atoms with van der Waals surface area (Å²) in [5.41, 5.74) is 5.57. The summed E-state index contributed by atoms with van der Waals surface area (Å²) in [4.78, 5) is 16.4. The third kappa shape index (κ3) is 5.89. The SMILES string of the molecule is CCCCCN(Cc1ccccc1)C(=O)c1c(-c2ccccc2)nn(-c2ccccc2)c1CCC. The van der Waals surface area contributed by atoms with Crippen molar-refractivity contribution < 1.29 is 4.79 Å².